The van der Waals surface area contributed by atoms with Crippen LogP contribution in [-0.2, 0) is 9.53 Å². The minimum absolute atomic E-state index is 0.0412. The van der Waals surface area contributed by atoms with Crippen LogP contribution in [0, 0.1) is 5.92 Å². The first-order valence-corrected chi connectivity index (χ1v) is 7.00. The van der Waals surface area contributed by atoms with Gasteiger partial charge in [0.2, 0.25) is 0 Å². The van der Waals surface area contributed by atoms with Crippen LogP contribution in [0.4, 0.5) is 0 Å². The number of carbonyl (C=O) groups is 2. The number of phenols is 2. The van der Waals surface area contributed by atoms with E-state index in [0.29, 0.717) is 26.0 Å². The number of piperidine rings is 1. The molecule has 1 fully saturated rings. The van der Waals surface area contributed by atoms with Crippen molar-refractivity contribution >= 4 is 11.9 Å². The number of amides is 1. The molecule has 1 saturated heterocycles. The molecule has 1 amide bonds. The number of esters is 1. The zero-order valence-corrected chi connectivity index (χ0v) is 11.9. The Morgan fingerprint density at radius 2 is 2.14 bits per heavy atom. The number of carbonyl (C=O) groups excluding carboxylic acids is 2. The lowest BCUT2D eigenvalue weighted by Crippen LogP contribution is -2.42. The van der Waals surface area contributed by atoms with Crippen LogP contribution >= 0.6 is 0 Å². The topological polar surface area (TPSA) is 87.1 Å². The Bertz CT molecular complexity index is 543. The average molecular weight is 293 g/mol. The molecule has 0 aliphatic carbocycles. The van der Waals surface area contributed by atoms with Crippen molar-refractivity contribution in [2.75, 3.05) is 19.7 Å². The Labute approximate surface area is 122 Å². The van der Waals surface area contributed by atoms with Gasteiger partial charge in [-0.15, -0.1) is 0 Å². The van der Waals surface area contributed by atoms with Crippen LogP contribution in [-0.4, -0.2) is 46.7 Å². The first-order chi connectivity index (χ1) is 10.0. The van der Waals surface area contributed by atoms with Crippen LogP contribution in [0.15, 0.2) is 18.2 Å². The molecule has 1 aromatic rings. The van der Waals surface area contributed by atoms with Crippen molar-refractivity contribution in [3.8, 4) is 11.5 Å². The largest absolute Gasteiger partial charge is 0.508 e. The zero-order valence-electron chi connectivity index (χ0n) is 11.9. The van der Waals surface area contributed by atoms with Crippen molar-refractivity contribution in [3.63, 3.8) is 0 Å². The molecular weight excluding hydrogens is 274 g/mol. The molecule has 1 aliphatic rings. The highest BCUT2D eigenvalue weighted by Gasteiger charge is 2.30. The Kier molecular flexibility index (Phi) is 4.67. The molecule has 0 bridgehead atoms. The van der Waals surface area contributed by atoms with E-state index in [1.54, 1.807) is 6.92 Å². The van der Waals surface area contributed by atoms with Crippen molar-refractivity contribution in [2.45, 2.75) is 19.8 Å². The highest BCUT2D eigenvalue weighted by molar-refractivity contribution is 5.97. The molecule has 1 aromatic carbocycles. The standard InChI is InChI=1S/C15H19NO5/c1-2-21-15(20)10-4-3-7-16(9-10)14(19)12-8-11(17)5-6-13(12)18/h5-6,8,10,17-18H,2-4,7,9H2,1H3/t10-/m0/s1. The van der Waals surface area contributed by atoms with Crippen LogP contribution in [0.25, 0.3) is 0 Å². The molecule has 0 unspecified atom stereocenters. The van der Waals surface area contributed by atoms with Gasteiger partial charge in [-0.05, 0) is 38.0 Å². The summed E-state index contributed by atoms with van der Waals surface area (Å²) in [7, 11) is 0. The third-order valence-electron chi connectivity index (χ3n) is 3.54. The van der Waals surface area contributed by atoms with E-state index in [9.17, 15) is 19.8 Å². The van der Waals surface area contributed by atoms with E-state index in [-0.39, 0.29) is 35.5 Å². The van der Waals surface area contributed by atoms with Gasteiger partial charge in [-0.1, -0.05) is 0 Å². The number of hydrogen-bond donors (Lipinski definition) is 2. The number of hydrogen-bond acceptors (Lipinski definition) is 5. The summed E-state index contributed by atoms with van der Waals surface area (Å²) < 4.78 is 4.99. The van der Waals surface area contributed by atoms with Gasteiger partial charge < -0.3 is 19.8 Å². The zero-order chi connectivity index (χ0) is 15.4. The summed E-state index contributed by atoms with van der Waals surface area (Å²) in [6.45, 7) is 2.85. The number of benzene rings is 1. The number of ether oxygens (including phenoxy) is 1. The minimum Gasteiger partial charge on any atom is -0.508 e. The molecule has 0 aromatic heterocycles. The summed E-state index contributed by atoms with van der Waals surface area (Å²) in [5.41, 5.74) is 0.0412. The lowest BCUT2D eigenvalue weighted by Gasteiger charge is -2.31. The Balaban J connectivity index is 2.12. The van der Waals surface area contributed by atoms with Gasteiger partial charge in [0, 0.05) is 13.1 Å². The summed E-state index contributed by atoms with van der Waals surface area (Å²) in [6.07, 6.45) is 1.39. The number of aromatic hydroxyl groups is 2. The van der Waals surface area contributed by atoms with Gasteiger partial charge in [0.05, 0.1) is 18.1 Å². The summed E-state index contributed by atoms with van der Waals surface area (Å²) in [5.74, 6) is -1.29. The van der Waals surface area contributed by atoms with E-state index >= 15 is 0 Å². The van der Waals surface area contributed by atoms with Gasteiger partial charge in [0.1, 0.15) is 11.5 Å². The van der Waals surface area contributed by atoms with Crippen molar-refractivity contribution in [2.24, 2.45) is 5.92 Å². The Morgan fingerprint density at radius 1 is 1.38 bits per heavy atom. The molecule has 6 nitrogen and oxygen atoms in total. The van der Waals surface area contributed by atoms with Crippen LogP contribution in [0.1, 0.15) is 30.1 Å². The van der Waals surface area contributed by atoms with Gasteiger partial charge in [-0.3, -0.25) is 9.59 Å². The van der Waals surface area contributed by atoms with Crippen LogP contribution in [0.3, 0.4) is 0 Å². The molecule has 0 spiro atoms. The maximum atomic E-state index is 12.4. The van der Waals surface area contributed by atoms with Crippen LogP contribution in [0.2, 0.25) is 0 Å². The Morgan fingerprint density at radius 3 is 2.86 bits per heavy atom. The fourth-order valence-corrected chi connectivity index (χ4v) is 2.48. The smallest absolute Gasteiger partial charge is 0.310 e. The molecule has 2 N–H and O–H groups in total. The minimum atomic E-state index is -0.391. The van der Waals surface area contributed by atoms with Gasteiger partial charge >= 0.3 is 5.97 Å². The first kappa shape index (κ1) is 15.2. The monoisotopic (exact) mass is 293 g/mol. The van der Waals surface area contributed by atoms with Crippen molar-refractivity contribution < 1.29 is 24.5 Å². The second-order valence-electron chi connectivity index (χ2n) is 5.04. The second-order valence-corrected chi connectivity index (χ2v) is 5.04. The highest BCUT2D eigenvalue weighted by atomic mass is 16.5. The first-order valence-electron chi connectivity index (χ1n) is 7.00. The molecule has 21 heavy (non-hydrogen) atoms. The van der Waals surface area contributed by atoms with Crippen molar-refractivity contribution in [3.05, 3.63) is 23.8 Å². The molecular formula is C15H19NO5. The van der Waals surface area contributed by atoms with Crippen LogP contribution < -0.4 is 0 Å². The van der Waals surface area contributed by atoms with Gasteiger partial charge in [-0.25, -0.2) is 0 Å². The SMILES string of the molecule is CCOC(=O)[C@H]1CCCN(C(=O)c2cc(O)ccc2O)C1. The molecule has 2 rings (SSSR count). The van der Waals surface area contributed by atoms with E-state index in [1.165, 1.54) is 23.1 Å². The highest BCUT2D eigenvalue weighted by Crippen LogP contribution is 2.26. The lowest BCUT2D eigenvalue weighted by atomic mass is 9.97. The quantitative estimate of drug-likeness (QED) is 0.651. The van der Waals surface area contributed by atoms with Crippen molar-refractivity contribution in [1.29, 1.82) is 0 Å². The fraction of sp³-hybridized carbons (Fsp3) is 0.467. The maximum absolute atomic E-state index is 12.4. The number of likely N-dealkylation sites (tertiary alicyclic amines) is 1. The summed E-state index contributed by atoms with van der Waals surface area (Å²) >= 11 is 0. The second kappa shape index (κ2) is 6.47. The Hall–Kier alpha value is -2.24. The molecule has 1 aliphatic heterocycles. The molecule has 114 valence electrons. The number of nitrogens with zero attached hydrogens (tertiary/aromatic N) is 1. The summed E-state index contributed by atoms with van der Waals surface area (Å²) in [6, 6.07) is 3.81. The van der Waals surface area contributed by atoms with E-state index in [4.69, 9.17) is 4.74 Å². The average Bonchev–Trinajstić information content (AvgIpc) is 2.49. The molecule has 1 atom stereocenters. The van der Waals surface area contributed by atoms with Gasteiger partial charge in [-0.2, -0.15) is 0 Å². The maximum Gasteiger partial charge on any atom is 0.310 e. The molecule has 0 radical (unpaired) electrons. The summed E-state index contributed by atoms with van der Waals surface area (Å²) in [5, 5.41) is 19.2. The third-order valence-corrected chi connectivity index (χ3v) is 3.54. The number of phenolic OH excluding ortho intramolecular Hbond substituents is 2. The van der Waals surface area contributed by atoms with Crippen LogP contribution in [0.5, 0.6) is 11.5 Å². The summed E-state index contributed by atoms with van der Waals surface area (Å²) in [4.78, 5) is 25.7. The normalized spacial score (nSPS) is 18.3. The van der Waals surface area contributed by atoms with E-state index in [2.05, 4.69) is 0 Å². The lowest BCUT2D eigenvalue weighted by molar-refractivity contribution is -0.149. The third kappa shape index (κ3) is 3.45. The van der Waals surface area contributed by atoms with Gasteiger partial charge in [0.15, 0.2) is 0 Å². The molecule has 6 heteroatoms. The predicted octanol–water partition coefficient (Wildman–Crippen LogP) is 1.51. The molecule has 0 saturated carbocycles. The van der Waals surface area contributed by atoms with Crippen molar-refractivity contribution in [1.82, 2.24) is 4.90 Å². The molecule has 1 heterocycles. The number of rotatable bonds is 3. The van der Waals surface area contributed by atoms with E-state index in [1.807, 2.05) is 0 Å². The fourth-order valence-electron chi connectivity index (χ4n) is 2.48. The van der Waals surface area contributed by atoms with Gasteiger partial charge in [0.25, 0.3) is 5.91 Å². The van der Waals surface area contributed by atoms with E-state index in [0.717, 1.165) is 0 Å². The van der Waals surface area contributed by atoms with E-state index < -0.39 is 5.91 Å². The predicted molar refractivity (Wildman–Crippen MR) is 75.0 cm³/mol.